The lowest BCUT2D eigenvalue weighted by molar-refractivity contribution is -0.132. The van der Waals surface area contributed by atoms with Gasteiger partial charge in [0.25, 0.3) is 0 Å². The normalized spacial score (nSPS) is 24.1. The molecule has 0 radical (unpaired) electrons. The summed E-state index contributed by atoms with van der Waals surface area (Å²) in [6.45, 7) is 1.91. The van der Waals surface area contributed by atoms with Gasteiger partial charge in [0.05, 0.1) is 18.8 Å². The number of aliphatic hydroxyl groups excluding tert-OH is 1. The molecule has 1 aliphatic heterocycles. The van der Waals surface area contributed by atoms with Crippen LogP contribution >= 0.6 is 0 Å². The number of benzene rings is 1. The van der Waals surface area contributed by atoms with Crippen molar-refractivity contribution >= 4 is 5.91 Å². The Labute approximate surface area is 113 Å². The average Bonchev–Trinajstić information content (AvgIpc) is 2.86. The van der Waals surface area contributed by atoms with E-state index in [0.717, 1.165) is 18.4 Å². The molecule has 1 saturated heterocycles. The molecule has 3 atom stereocenters. The van der Waals surface area contributed by atoms with Crippen molar-refractivity contribution in [2.45, 2.75) is 44.4 Å². The molecule has 0 bridgehead atoms. The number of nitrogens with one attached hydrogen (secondary N) is 1. The van der Waals surface area contributed by atoms with Crippen molar-refractivity contribution < 1.29 is 14.6 Å². The largest absolute Gasteiger partial charge is 0.394 e. The standard InChI is InChI=1S/C15H21NO3/c1-11-7-8-14(19-11)15(18)16-13(10-17)9-12-5-3-2-4-6-12/h2-6,11,13-14,17H,7-10H2,1H3,(H,16,18). The third kappa shape index (κ3) is 4.04. The highest BCUT2D eigenvalue weighted by Crippen LogP contribution is 2.19. The second-order valence-electron chi connectivity index (χ2n) is 5.09. The van der Waals surface area contributed by atoms with Crippen molar-refractivity contribution in [3.05, 3.63) is 35.9 Å². The molecule has 1 heterocycles. The Kier molecular flexibility index (Phi) is 4.93. The van der Waals surface area contributed by atoms with Gasteiger partial charge in [0.15, 0.2) is 0 Å². The summed E-state index contributed by atoms with van der Waals surface area (Å²) in [5.41, 5.74) is 1.10. The summed E-state index contributed by atoms with van der Waals surface area (Å²) in [5, 5.41) is 12.2. The fourth-order valence-electron chi connectivity index (χ4n) is 2.35. The molecule has 2 rings (SSSR count). The molecular formula is C15H21NO3. The highest BCUT2D eigenvalue weighted by atomic mass is 16.5. The molecule has 1 aromatic carbocycles. The number of hydrogen-bond donors (Lipinski definition) is 2. The highest BCUT2D eigenvalue weighted by Gasteiger charge is 2.29. The Morgan fingerprint density at radius 3 is 2.74 bits per heavy atom. The Bertz CT molecular complexity index is 407. The van der Waals surface area contributed by atoms with E-state index in [-0.39, 0.29) is 30.8 Å². The summed E-state index contributed by atoms with van der Waals surface area (Å²) >= 11 is 0. The molecule has 1 amide bonds. The predicted octanol–water partition coefficient (Wildman–Crippen LogP) is 1.27. The zero-order valence-electron chi connectivity index (χ0n) is 11.2. The van der Waals surface area contributed by atoms with Gasteiger partial charge in [-0.2, -0.15) is 0 Å². The van der Waals surface area contributed by atoms with Crippen LogP contribution < -0.4 is 5.32 Å². The monoisotopic (exact) mass is 263 g/mol. The van der Waals surface area contributed by atoms with Crippen molar-refractivity contribution in [3.63, 3.8) is 0 Å². The van der Waals surface area contributed by atoms with Crippen molar-refractivity contribution in [3.8, 4) is 0 Å². The first-order valence-corrected chi connectivity index (χ1v) is 6.79. The minimum Gasteiger partial charge on any atom is -0.394 e. The van der Waals surface area contributed by atoms with Crippen molar-refractivity contribution in [1.82, 2.24) is 5.32 Å². The fraction of sp³-hybridized carbons (Fsp3) is 0.533. The third-order valence-electron chi connectivity index (χ3n) is 3.42. The van der Waals surface area contributed by atoms with Gasteiger partial charge in [0.1, 0.15) is 6.10 Å². The van der Waals surface area contributed by atoms with Crippen LogP contribution in [0.1, 0.15) is 25.3 Å². The summed E-state index contributed by atoms with van der Waals surface area (Å²) < 4.78 is 5.52. The van der Waals surface area contributed by atoms with Crippen LogP contribution in [0.25, 0.3) is 0 Å². The van der Waals surface area contributed by atoms with Crippen LogP contribution in [-0.4, -0.2) is 35.9 Å². The lowest BCUT2D eigenvalue weighted by Crippen LogP contribution is -2.44. The van der Waals surface area contributed by atoms with Crippen molar-refractivity contribution in [2.75, 3.05) is 6.61 Å². The molecule has 1 aliphatic rings. The van der Waals surface area contributed by atoms with Gasteiger partial charge in [-0.1, -0.05) is 30.3 Å². The van der Waals surface area contributed by atoms with Crippen LogP contribution in [0.4, 0.5) is 0 Å². The second-order valence-corrected chi connectivity index (χ2v) is 5.09. The van der Waals surface area contributed by atoms with E-state index in [4.69, 9.17) is 4.74 Å². The Hall–Kier alpha value is -1.39. The van der Waals surface area contributed by atoms with E-state index in [1.165, 1.54) is 0 Å². The molecule has 19 heavy (non-hydrogen) atoms. The maximum Gasteiger partial charge on any atom is 0.249 e. The minimum absolute atomic E-state index is 0.0666. The summed E-state index contributed by atoms with van der Waals surface area (Å²) in [4.78, 5) is 12.0. The van der Waals surface area contributed by atoms with Crippen LogP contribution in [0.3, 0.4) is 0 Å². The summed E-state index contributed by atoms with van der Waals surface area (Å²) in [6, 6.07) is 9.57. The Balaban J connectivity index is 1.87. The topological polar surface area (TPSA) is 58.6 Å². The van der Waals surface area contributed by atoms with Gasteiger partial charge >= 0.3 is 0 Å². The molecule has 0 saturated carbocycles. The van der Waals surface area contributed by atoms with E-state index in [9.17, 15) is 9.90 Å². The highest BCUT2D eigenvalue weighted by molar-refractivity contribution is 5.81. The van der Waals surface area contributed by atoms with Gasteiger partial charge in [0, 0.05) is 0 Å². The van der Waals surface area contributed by atoms with E-state index in [1.807, 2.05) is 37.3 Å². The molecule has 3 unspecified atom stereocenters. The number of ether oxygens (including phenoxy) is 1. The van der Waals surface area contributed by atoms with E-state index in [2.05, 4.69) is 5.32 Å². The van der Waals surface area contributed by atoms with E-state index < -0.39 is 0 Å². The molecule has 4 nitrogen and oxygen atoms in total. The van der Waals surface area contributed by atoms with Crippen molar-refractivity contribution in [1.29, 1.82) is 0 Å². The molecule has 4 heteroatoms. The van der Waals surface area contributed by atoms with E-state index >= 15 is 0 Å². The third-order valence-corrected chi connectivity index (χ3v) is 3.42. The number of hydrogen-bond acceptors (Lipinski definition) is 3. The smallest absolute Gasteiger partial charge is 0.249 e. The SMILES string of the molecule is CC1CCC(C(=O)NC(CO)Cc2ccccc2)O1. The van der Waals surface area contributed by atoms with Crippen LogP contribution in [0.2, 0.25) is 0 Å². The van der Waals surface area contributed by atoms with Crippen LogP contribution in [0.15, 0.2) is 30.3 Å². The Morgan fingerprint density at radius 1 is 1.42 bits per heavy atom. The summed E-state index contributed by atoms with van der Waals surface area (Å²) in [6.07, 6.45) is 2.10. The van der Waals surface area contributed by atoms with Gasteiger partial charge in [-0.05, 0) is 31.7 Å². The van der Waals surface area contributed by atoms with Gasteiger partial charge in [0.2, 0.25) is 5.91 Å². The maximum atomic E-state index is 12.0. The lowest BCUT2D eigenvalue weighted by atomic mass is 10.1. The number of carbonyl (C=O) groups is 1. The molecular weight excluding hydrogens is 242 g/mol. The number of amides is 1. The predicted molar refractivity (Wildman–Crippen MR) is 72.7 cm³/mol. The van der Waals surface area contributed by atoms with Gasteiger partial charge < -0.3 is 15.2 Å². The number of rotatable bonds is 5. The van der Waals surface area contributed by atoms with E-state index in [0.29, 0.717) is 6.42 Å². The first kappa shape index (κ1) is 14.0. The zero-order chi connectivity index (χ0) is 13.7. The van der Waals surface area contributed by atoms with Crippen LogP contribution in [-0.2, 0) is 16.0 Å². The van der Waals surface area contributed by atoms with Gasteiger partial charge in [-0.3, -0.25) is 4.79 Å². The number of aliphatic hydroxyl groups is 1. The quantitative estimate of drug-likeness (QED) is 0.841. The molecule has 0 aromatic heterocycles. The zero-order valence-corrected chi connectivity index (χ0v) is 11.2. The van der Waals surface area contributed by atoms with Gasteiger partial charge in [-0.15, -0.1) is 0 Å². The van der Waals surface area contributed by atoms with Crippen molar-refractivity contribution in [2.24, 2.45) is 0 Å². The second kappa shape index (κ2) is 6.68. The number of carbonyl (C=O) groups excluding carboxylic acids is 1. The maximum absolute atomic E-state index is 12.0. The lowest BCUT2D eigenvalue weighted by Gasteiger charge is -2.19. The van der Waals surface area contributed by atoms with Gasteiger partial charge in [-0.25, -0.2) is 0 Å². The molecule has 0 spiro atoms. The average molecular weight is 263 g/mol. The summed E-state index contributed by atoms with van der Waals surface area (Å²) in [7, 11) is 0. The molecule has 104 valence electrons. The first-order chi connectivity index (χ1) is 9.19. The molecule has 0 aliphatic carbocycles. The summed E-state index contributed by atoms with van der Waals surface area (Å²) in [5.74, 6) is -0.112. The van der Waals surface area contributed by atoms with Crippen LogP contribution in [0, 0.1) is 0 Å². The van der Waals surface area contributed by atoms with E-state index in [1.54, 1.807) is 0 Å². The molecule has 1 aromatic rings. The molecule has 1 fully saturated rings. The first-order valence-electron chi connectivity index (χ1n) is 6.79. The minimum atomic E-state index is -0.361. The Morgan fingerprint density at radius 2 is 2.16 bits per heavy atom. The molecule has 2 N–H and O–H groups in total. The fourth-order valence-corrected chi connectivity index (χ4v) is 2.35. The van der Waals surface area contributed by atoms with Crippen LogP contribution in [0.5, 0.6) is 0 Å².